The van der Waals surface area contributed by atoms with E-state index in [2.05, 4.69) is 15.3 Å². The van der Waals surface area contributed by atoms with Gasteiger partial charge in [0.05, 0.1) is 29.6 Å². The summed E-state index contributed by atoms with van der Waals surface area (Å²) in [5.41, 5.74) is 1.94. The van der Waals surface area contributed by atoms with E-state index in [1.54, 1.807) is 0 Å². The Hall–Kier alpha value is -0.620. The average Bonchev–Trinajstić information content (AvgIpc) is 2.61. The van der Waals surface area contributed by atoms with Crippen LogP contribution in [0.25, 0.3) is 0 Å². The van der Waals surface area contributed by atoms with Gasteiger partial charge in [0.1, 0.15) is 0 Å². The van der Waals surface area contributed by atoms with Crippen LogP contribution in [0.15, 0.2) is 0 Å². The molecule has 0 bridgehead atoms. The quantitative estimate of drug-likeness (QED) is 0.806. The fraction of sp³-hybridized carbons (Fsp3) is 0.750. The first-order valence-electron chi connectivity index (χ1n) is 6.37. The van der Waals surface area contributed by atoms with Gasteiger partial charge < -0.3 is 10.1 Å². The van der Waals surface area contributed by atoms with Gasteiger partial charge in [-0.15, -0.1) is 0 Å². The summed E-state index contributed by atoms with van der Waals surface area (Å²) in [6, 6.07) is 0. The molecule has 6 heteroatoms. The van der Waals surface area contributed by atoms with Crippen LogP contribution in [0.1, 0.15) is 11.4 Å². The van der Waals surface area contributed by atoms with Crippen molar-refractivity contribution in [2.45, 2.75) is 13.5 Å². The highest BCUT2D eigenvalue weighted by molar-refractivity contribution is 6.31. The molecule has 1 N–H and O–H groups in total. The van der Waals surface area contributed by atoms with Crippen molar-refractivity contribution in [3.8, 4) is 0 Å². The van der Waals surface area contributed by atoms with E-state index in [1.807, 2.05) is 18.7 Å². The van der Waals surface area contributed by atoms with Crippen LogP contribution in [0.5, 0.6) is 0 Å². The van der Waals surface area contributed by atoms with Crippen molar-refractivity contribution in [1.29, 1.82) is 0 Å². The average molecular weight is 273 g/mol. The standard InChI is InChI=1S/C12H21ClN4O/c1-10-12(13)11(16(2)15-10)9-14-3-4-17-5-7-18-8-6-17/h14H,3-9H2,1-2H3. The number of rotatable bonds is 5. The van der Waals surface area contributed by atoms with E-state index < -0.39 is 0 Å². The molecule has 2 rings (SSSR count). The number of aryl methyl sites for hydroxylation is 2. The highest BCUT2D eigenvalue weighted by Crippen LogP contribution is 2.18. The van der Waals surface area contributed by atoms with Crippen LogP contribution < -0.4 is 5.32 Å². The molecule has 1 fully saturated rings. The zero-order valence-electron chi connectivity index (χ0n) is 11.1. The predicted octanol–water partition coefficient (Wildman–Crippen LogP) is 0.804. The molecule has 0 amide bonds. The lowest BCUT2D eigenvalue weighted by Gasteiger charge is -2.26. The van der Waals surface area contributed by atoms with Crippen molar-refractivity contribution in [3.63, 3.8) is 0 Å². The smallest absolute Gasteiger partial charge is 0.0860 e. The topological polar surface area (TPSA) is 42.3 Å². The van der Waals surface area contributed by atoms with Gasteiger partial charge in [-0.05, 0) is 6.92 Å². The van der Waals surface area contributed by atoms with Crippen molar-refractivity contribution >= 4 is 11.6 Å². The summed E-state index contributed by atoms with van der Waals surface area (Å²) < 4.78 is 7.17. The van der Waals surface area contributed by atoms with Gasteiger partial charge in [0.15, 0.2) is 0 Å². The number of nitrogens with one attached hydrogen (secondary N) is 1. The number of ether oxygens (including phenoxy) is 1. The fourth-order valence-corrected chi connectivity index (χ4v) is 2.37. The lowest BCUT2D eigenvalue weighted by molar-refractivity contribution is 0.0384. The monoisotopic (exact) mass is 272 g/mol. The molecule has 0 unspecified atom stereocenters. The number of nitrogens with zero attached hydrogens (tertiary/aromatic N) is 3. The number of aromatic nitrogens is 2. The van der Waals surface area contributed by atoms with Gasteiger partial charge in [-0.2, -0.15) is 5.10 Å². The molecule has 18 heavy (non-hydrogen) atoms. The highest BCUT2D eigenvalue weighted by atomic mass is 35.5. The van der Waals surface area contributed by atoms with E-state index >= 15 is 0 Å². The van der Waals surface area contributed by atoms with Crippen LogP contribution in [0.4, 0.5) is 0 Å². The molecular weight excluding hydrogens is 252 g/mol. The summed E-state index contributed by atoms with van der Waals surface area (Å²) in [5.74, 6) is 0. The molecule has 0 aromatic carbocycles. The Morgan fingerprint density at radius 2 is 2.11 bits per heavy atom. The van der Waals surface area contributed by atoms with E-state index in [0.717, 1.165) is 62.3 Å². The first-order valence-corrected chi connectivity index (χ1v) is 6.75. The SMILES string of the molecule is Cc1nn(C)c(CNCCN2CCOCC2)c1Cl. The molecule has 0 atom stereocenters. The molecule has 0 spiro atoms. The first-order chi connectivity index (χ1) is 8.68. The Bertz CT molecular complexity index is 388. The minimum atomic E-state index is 0.764. The van der Waals surface area contributed by atoms with Gasteiger partial charge >= 0.3 is 0 Å². The van der Waals surface area contributed by atoms with E-state index in [0.29, 0.717) is 0 Å². The van der Waals surface area contributed by atoms with Crippen LogP contribution >= 0.6 is 11.6 Å². The zero-order valence-corrected chi connectivity index (χ0v) is 11.8. The molecule has 0 radical (unpaired) electrons. The van der Waals surface area contributed by atoms with E-state index in [9.17, 15) is 0 Å². The number of hydrogen-bond donors (Lipinski definition) is 1. The largest absolute Gasteiger partial charge is 0.379 e. The Balaban J connectivity index is 1.71. The van der Waals surface area contributed by atoms with Gasteiger partial charge in [0.25, 0.3) is 0 Å². The van der Waals surface area contributed by atoms with Crippen molar-refractivity contribution in [2.75, 3.05) is 39.4 Å². The van der Waals surface area contributed by atoms with Crippen LogP contribution in [-0.4, -0.2) is 54.1 Å². The predicted molar refractivity (Wildman–Crippen MR) is 71.9 cm³/mol. The Morgan fingerprint density at radius 1 is 1.39 bits per heavy atom. The Kier molecular flexibility index (Phi) is 5.00. The minimum Gasteiger partial charge on any atom is -0.379 e. The summed E-state index contributed by atoms with van der Waals surface area (Å²) in [4.78, 5) is 2.41. The molecule has 102 valence electrons. The van der Waals surface area contributed by atoms with Crippen molar-refractivity contribution < 1.29 is 4.74 Å². The first kappa shape index (κ1) is 13.8. The normalized spacial score (nSPS) is 17.3. The Labute approximate surface area is 113 Å². The molecule has 0 aliphatic carbocycles. The van der Waals surface area contributed by atoms with Gasteiger partial charge in [0, 0.05) is 39.8 Å². The Morgan fingerprint density at radius 3 is 2.72 bits per heavy atom. The number of morpholine rings is 1. The van der Waals surface area contributed by atoms with Crippen LogP contribution in [-0.2, 0) is 18.3 Å². The molecule has 1 aromatic heterocycles. The third-order valence-corrected chi connectivity index (χ3v) is 3.75. The zero-order chi connectivity index (χ0) is 13.0. The number of hydrogen-bond acceptors (Lipinski definition) is 4. The minimum absolute atomic E-state index is 0.764. The maximum Gasteiger partial charge on any atom is 0.0860 e. The summed E-state index contributed by atoms with van der Waals surface area (Å²) in [5, 5.41) is 8.49. The van der Waals surface area contributed by atoms with Crippen molar-refractivity contribution in [3.05, 3.63) is 16.4 Å². The van der Waals surface area contributed by atoms with Crippen molar-refractivity contribution in [1.82, 2.24) is 20.0 Å². The molecule has 1 saturated heterocycles. The van der Waals surface area contributed by atoms with E-state index in [1.165, 1.54) is 0 Å². The second-order valence-corrected chi connectivity index (χ2v) is 4.98. The van der Waals surface area contributed by atoms with Gasteiger partial charge in [-0.3, -0.25) is 9.58 Å². The second kappa shape index (κ2) is 6.52. The highest BCUT2D eigenvalue weighted by Gasteiger charge is 2.11. The summed E-state index contributed by atoms with van der Waals surface area (Å²) >= 11 is 6.19. The molecule has 1 aliphatic heterocycles. The molecular formula is C12H21ClN4O. The maximum absolute atomic E-state index is 6.19. The maximum atomic E-state index is 6.19. The molecule has 2 heterocycles. The van der Waals surface area contributed by atoms with Crippen LogP contribution in [0.2, 0.25) is 5.02 Å². The summed E-state index contributed by atoms with van der Waals surface area (Å²) in [6.45, 7) is 8.48. The van der Waals surface area contributed by atoms with Gasteiger partial charge in [-0.1, -0.05) is 11.6 Å². The van der Waals surface area contributed by atoms with E-state index in [4.69, 9.17) is 16.3 Å². The molecule has 1 aliphatic rings. The molecule has 1 aromatic rings. The third kappa shape index (κ3) is 3.45. The fourth-order valence-electron chi connectivity index (χ4n) is 2.14. The lowest BCUT2D eigenvalue weighted by Crippen LogP contribution is -2.40. The van der Waals surface area contributed by atoms with Crippen LogP contribution in [0, 0.1) is 6.92 Å². The van der Waals surface area contributed by atoms with Crippen LogP contribution in [0.3, 0.4) is 0 Å². The summed E-state index contributed by atoms with van der Waals surface area (Å²) in [6.07, 6.45) is 0. The summed E-state index contributed by atoms with van der Waals surface area (Å²) in [7, 11) is 1.93. The number of halogens is 1. The molecule has 0 saturated carbocycles. The third-order valence-electron chi connectivity index (χ3n) is 3.26. The van der Waals surface area contributed by atoms with Crippen molar-refractivity contribution in [2.24, 2.45) is 7.05 Å². The second-order valence-electron chi connectivity index (χ2n) is 4.60. The lowest BCUT2D eigenvalue weighted by atomic mass is 10.3. The van der Waals surface area contributed by atoms with E-state index in [-0.39, 0.29) is 0 Å². The molecule has 5 nitrogen and oxygen atoms in total. The van der Waals surface area contributed by atoms with Gasteiger partial charge in [0.2, 0.25) is 0 Å². The van der Waals surface area contributed by atoms with Gasteiger partial charge in [-0.25, -0.2) is 0 Å².